The Morgan fingerprint density at radius 2 is 1.91 bits per heavy atom. The number of aromatic amines is 1. The van der Waals surface area contributed by atoms with Crippen molar-refractivity contribution >= 4 is 17.2 Å². The third-order valence-electron chi connectivity index (χ3n) is 6.11. The molecule has 2 heterocycles. The van der Waals surface area contributed by atoms with E-state index < -0.39 is 0 Å². The summed E-state index contributed by atoms with van der Waals surface area (Å²) < 4.78 is 0. The molecule has 5 rings (SSSR count). The molecule has 1 aliphatic carbocycles. The minimum atomic E-state index is 0.143. The lowest BCUT2D eigenvalue weighted by molar-refractivity contribution is -0.113. The number of H-pyrrole nitrogens is 1. The number of nitrogens with one attached hydrogen (secondary N) is 3. The van der Waals surface area contributed by atoms with Crippen molar-refractivity contribution in [2.45, 2.75) is 32.6 Å². The molecule has 3 N–H and O–H groups in total. The Balaban J connectivity index is 1.44. The van der Waals surface area contributed by atoms with Crippen molar-refractivity contribution in [3.63, 3.8) is 0 Å². The Morgan fingerprint density at radius 1 is 1.09 bits per heavy atom. The smallest absolute Gasteiger partial charge is 0.160 e. The van der Waals surface area contributed by atoms with E-state index in [0.717, 1.165) is 70.1 Å². The van der Waals surface area contributed by atoms with Gasteiger partial charge in [0, 0.05) is 41.9 Å². The number of anilines is 1. The summed E-state index contributed by atoms with van der Waals surface area (Å²) in [6.45, 7) is 2.88. The molecular weight excluding hydrogens is 408 g/mol. The first-order valence-corrected chi connectivity index (χ1v) is 11.6. The highest BCUT2D eigenvalue weighted by molar-refractivity contribution is 5.97. The van der Waals surface area contributed by atoms with Gasteiger partial charge in [0.1, 0.15) is 5.82 Å². The van der Waals surface area contributed by atoms with Crippen LogP contribution >= 0.6 is 0 Å². The summed E-state index contributed by atoms with van der Waals surface area (Å²) in [5.41, 5.74) is 8.40. The average molecular weight is 437 g/mol. The number of benzene rings is 2. The van der Waals surface area contributed by atoms with Gasteiger partial charge in [0.25, 0.3) is 0 Å². The predicted octanol–water partition coefficient (Wildman–Crippen LogP) is 5.63. The number of hydrogen-bond donors (Lipinski definition) is 3. The molecule has 0 bridgehead atoms. The van der Waals surface area contributed by atoms with Crippen molar-refractivity contribution in [3.05, 3.63) is 101 Å². The SMILES string of the molecule is CCCCc1ncc(-c2ccc(N/C(=C3\CNC4=CCC(=O)C=C43)c3ccccc3)cc2)[nH]1. The molecule has 1 saturated heterocycles. The topological polar surface area (TPSA) is 69.8 Å². The quantitative estimate of drug-likeness (QED) is 0.449. The number of carbonyl (C=O) groups excluding carboxylic acids is 1. The molecule has 166 valence electrons. The van der Waals surface area contributed by atoms with Gasteiger partial charge in [-0.3, -0.25) is 4.79 Å². The van der Waals surface area contributed by atoms with E-state index >= 15 is 0 Å². The fraction of sp³-hybridized carbons (Fsp3) is 0.214. The van der Waals surface area contributed by atoms with Crippen LogP contribution in [0.15, 0.2) is 89.8 Å². The predicted molar refractivity (Wildman–Crippen MR) is 133 cm³/mol. The largest absolute Gasteiger partial charge is 0.381 e. The first kappa shape index (κ1) is 21.0. The maximum atomic E-state index is 12.1. The molecule has 3 aromatic rings. The van der Waals surface area contributed by atoms with Crippen LogP contribution in [0.2, 0.25) is 0 Å². The van der Waals surface area contributed by atoms with Crippen LogP contribution in [0.5, 0.6) is 0 Å². The van der Waals surface area contributed by atoms with Gasteiger partial charge in [-0.1, -0.05) is 61.9 Å². The minimum Gasteiger partial charge on any atom is -0.381 e. The number of unbranched alkanes of at least 4 members (excludes halogenated alkanes) is 1. The Hall–Kier alpha value is -3.86. The molecule has 0 amide bonds. The number of carbonyl (C=O) groups is 1. The number of aryl methyl sites for hydroxylation is 1. The second-order valence-electron chi connectivity index (χ2n) is 8.47. The van der Waals surface area contributed by atoms with E-state index in [4.69, 9.17) is 0 Å². The molecule has 0 saturated carbocycles. The first-order chi connectivity index (χ1) is 16.2. The maximum absolute atomic E-state index is 12.1. The van der Waals surface area contributed by atoms with Crippen LogP contribution in [-0.2, 0) is 11.2 Å². The van der Waals surface area contributed by atoms with Crippen LogP contribution in [0.25, 0.3) is 17.0 Å². The summed E-state index contributed by atoms with van der Waals surface area (Å²) in [7, 11) is 0. The van der Waals surface area contributed by atoms with Crippen LogP contribution in [0, 0.1) is 0 Å². The molecule has 0 unspecified atom stereocenters. The molecule has 2 aliphatic rings. The number of imidazole rings is 1. The standard InChI is InChI=1S/C28H28N4O/c1-2-3-9-27-30-18-26(32-27)19-10-12-21(13-11-19)31-28(20-7-5-4-6-8-20)24-17-29-25-15-14-22(33)16-23(24)25/h4-8,10-13,15-16,18,29,31H,2-3,9,14,17H2,1H3,(H,30,32)/b28-24+. The molecular formula is C28H28N4O. The molecule has 0 atom stereocenters. The summed E-state index contributed by atoms with van der Waals surface area (Å²) in [5, 5.41) is 7.08. The Labute approximate surface area is 194 Å². The Morgan fingerprint density at radius 3 is 2.70 bits per heavy atom. The highest BCUT2D eigenvalue weighted by atomic mass is 16.1. The van der Waals surface area contributed by atoms with Crippen LogP contribution < -0.4 is 10.6 Å². The molecule has 1 fully saturated rings. The van der Waals surface area contributed by atoms with Crippen molar-refractivity contribution in [1.29, 1.82) is 0 Å². The van der Waals surface area contributed by atoms with Crippen LogP contribution in [0.3, 0.4) is 0 Å². The highest BCUT2D eigenvalue weighted by Crippen LogP contribution is 2.34. The van der Waals surface area contributed by atoms with Crippen molar-refractivity contribution in [2.75, 3.05) is 11.9 Å². The Bertz CT molecular complexity index is 1250. The number of ketones is 1. The van der Waals surface area contributed by atoms with Gasteiger partial charge in [0.05, 0.1) is 17.6 Å². The third kappa shape index (κ3) is 4.53. The maximum Gasteiger partial charge on any atom is 0.160 e. The lowest BCUT2D eigenvalue weighted by Gasteiger charge is -2.16. The molecule has 1 aromatic heterocycles. The van der Waals surface area contributed by atoms with Gasteiger partial charge >= 0.3 is 0 Å². The van der Waals surface area contributed by atoms with E-state index in [0.29, 0.717) is 13.0 Å². The van der Waals surface area contributed by atoms with Gasteiger partial charge in [-0.05, 0) is 35.8 Å². The van der Waals surface area contributed by atoms with E-state index in [2.05, 4.69) is 63.9 Å². The van der Waals surface area contributed by atoms with Crippen LogP contribution in [0.4, 0.5) is 5.69 Å². The van der Waals surface area contributed by atoms with Crippen molar-refractivity contribution in [3.8, 4) is 11.3 Å². The number of allylic oxidation sites excluding steroid dienone is 3. The molecule has 0 spiro atoms. The van der Waals surface area contributed by atoms with Crippen molar-refractivity contribution in [1.82, 2.24) is 15.3 Å². The van der Waals surface area contributed by atoms with Gasteiger partial charge in [-0.15, -0.1) is 0 Å². The number of rotatable bonds is 7. The lowest BCUT2D eigenvalue weighted by atomic mass is 9.95. The van der Waals surface area contributed by atoms with Gasteiger partial charge in [-0.2, -0.15) is 0 Å². The van der Waals surface area contributed by atoms with E-state index in [-0.39, 0.29) is 5.78 Å². The summed E-state index contributed by atoms with van der Waals surface area (Å²) in [4.78, 5) is 20.0. The molecule has 0 radical (unpaired) electrons. The molecule has 1 aliphatic heterocycles. The van der Waals surface area contributed by atoms with E-state index in [1.165, 1.54) is 0 Å². The minimum absolute atomic E-state index is 0.143. The van der Waals surface area contributed by atoms with Gasteiger partial charge in [-0.25, -0.2) is 4.98 Å². The number of hydrogen-bond acceptors (Lipinski definition) is 4. The van der Waals surface area contributed by atoms with E-state index in [1.54, 1.807) is 6.08 Å². The summed E-state index contributed by atoms with van der Waals surface area (Å²) in [6.07, 6.45) is 9.41. The molecule has 2 aromatic carbocycles. The average Bonchev–Trinajstić information content (AvgIpc) is 3.49. The monoisotopic (exact) mass is 436 g/mol. The van der Waals surface area contributed by atoms with E-state index in [9.17, 15) is 4.79 Å². The first-order valence-electron chi connectivity index (χ1n) is 11.6. The van der Waals surface area contributed by atoms with Crippen LogP contribution in [0.1, 0.15) is 37.6 Å². The van der Waals surface area contributed by atoms with Gasteiger partial charge in [0.2, 0.25) is 0 Å². The number of aromatic nitrogens is 2. The Kier molecular flexibility index (Phi) is 5.94. The van der Waals surface area contributed by atoms with Gasteiger partial charge in [0.15, 0.2) is 5.78 Å². The molecule has 5 nitrogen and oxygen atoms in total. The molecule has 5 heteroatoms. The summed E-state index contributed by atoms with van der Waals surface area (Å²) in [5.74, 6) is 1.18. The summed E-state index contributed by atoms with van der Waals surface area (Å²) >= 11 is 0. The van der Waals surface area contributed by atoms with Crippen molar-refractivity contribution < 1.29 is 4.79 Å². The molecule has 33 heavy (non-hydrogen) atoms. The number of nitrogens with zero attached hydrogens (tertiary/aromatic N) is 1. The normalized spacial score (nSPS) is 16.6. The zero-order valence-electron chi connectivity index (χ0n) is 18.8. The second kappa shape index (κ2) is 9.33. The highest BCUT2D eigenvalue weighted by Gasteiger charge is 2.26. The fourth-order valence-electron chi connectivity index (χ4n) is 4.31. The van der Waals surface area contributed by atoms with E-state index in [1.807, 2.05) is 30.5 Å². The van der Waals surface area contributed by atoms with Crippen LogP contribution in [-0.4, -0.2) is 22.3 Å². The number of fused-ring (bicyclic) bond motifs is 1. The third-order valence-corrected chi connectivity index (χ3v) is 6.11. The van der Waals surface area contributed by atoms with Gasteiger partial charge < -0.3 is 15.6 Å². The second-order valence-corrected chi connectivity index (χ2v) is 8.47. The van der Waals surface area contributed by atoms with Crippen molar-refractivity contribution in [2.24, 2.45) is 0 Å². The lowest BCUT2D eigenvalue weighted by Crippen LogP contribution is -2.08. The fourth-order valence-corrected chi connectivity index (χ4v) is 4.31. The summed E-state index contributed by atoms with van der Waals surface area (Å²) in [6, 6.07) is 18.7. The zero-order chi connectivity index (χ0) is 22.6. The zero-order valence-corrected chi connectivity index (χ0v) is 18.8.